The summed E-state index contributed by atoms with van der Waals surface area (Å²) in [6, 6.07) is 8.39. The van der Waals surface area contributed by atoms with Gasteiger partial charge >= 0.3 is 11.7 Å². The lowest BCUT2D eigenvalue weighted by Gasteiger charge is -2.04. The predicted molar refractivity (Wildman–Crippen MR) is 52.0 cm³/mol. The first-order valence-corrected chi connectivity index (χ1v) is 4.24. The van der Waals surface area contributed by atoms with Crippen molar-refractivity contribution < 1.29 is 19.4 Å². The van der Waals surface area contributed by atoms with E-state index in [-0.39, 0.29) is 0 Å². The molecule has 5 heteroatoms. The standard InChI is InChI=1S/C10H10N2O3/c1-15-10(14)8(12-11)9(13)7-5-3-2-4-6-7/h2-6,9,13H,1H3. The van der Waals surface area contributed by atoms with Gasteiger partial charge in [-0.25, -0.2) is 4.79 Å². The van der Waals surface area contributed by atoms with E-state index in [2.05, 4.69) is 9.53 Å². The summed E-state index contributed by atoms with van der Waals surface area (Å²) < 4.78 is 4.36. The van der Waals surface area contributed by atoms with E-state index in [1.165, 1.54) is 0 Å². The van der Waals surface area contributed by atoms with Gasteiger partial charge in [0.2, 0.25) is 0 Å². The Kier molecular flexibility index (Phi) is 3.74. The van der Waals surface area contributed by atoms with Crippen LogP contribution in [0.3, 0.4) is 0 Å². The molecule has 0 amide bonds. The monoisotopic (exact) mass is 206 g/mol. The zero-order valence-electron chi connectivity index (χ0n) is 8.12. The van der Waals surface area contributed by atoms with Gasteiger partial charge in [0, 0.05) is 0 Å². The molecule has 1 atom stereocenters. The Balaban J connectivity index is 2.98. The highest BCUT2D eigenvalue weighted by Crippen LogP contribution is 2.13. The van der Waals surface area contributed by atoms with Crippen LogP contribution in [-0.2, 0) is 9.53 Å². The van der Waals surface area contributed by atoms with Gasteiger partial charge in [0.1, 0.15) is 0 Å². The number of methoxy groups -OCH3 is 1. The van der Waals surface area contributed by atoms with Gasteiger partial charge in [0.05, 0.1) is 7.11 Å². The summed E-state index contributed by atoms with van der Waals surface area (Å²) in [5, 5.41) is 9.69. The van der Waals surface area contributed by atoms with Crippen molar-refractivity contribution in [2.75, 3.05) is 7.11 Å². The molecule has 1 N–H and O–H groups in total. The van der Waals surface area contributed by atoms with Crippen LogP contribution in [0.5, 0.6) is 0 Å². The largest absolute Gasteiger partial charge is 0.460 e. The van der Waals surface area contributed by atoms with Crippen LogP contribution in [0.4, 0.5) is 0 Å². The van der Waals surface area contributed by atoms with Crippen LogP contribution in [0.1, 0.15) is 11.7 Å². The number of nitrogens with zero attached hydrogens (tertiary/aromatic N) is 2. The summed E-state index contributed by atoms with van der Waals surface area (Å²) in [6.07, 6.45) is -1.29. The average molecular weight is 206 g/mol. The molecule has 0 fully saturated rings. The van der Waals surface area contributed by atoms with Crippen molar-refractivity contribution in [2.45, 2.75) is 6.10 Å². The second-order valence-corrected chi connectivity index (χ2v) is 2.79. The van der Waals surface area contributed by atoms with Crippen molar-refractivity contribution in [1.82, 2.24) is 0 Å². The third-order valence-corrected chi connectivity index (χ3v) is 1.88. The molecule has 0 heterocycles. The molecule has 0 saturated carbocycles. The lowest BCUT2D eigenvalue weighted by atomic mass is 10.1. The molecule has 0 saturated heterocycles. The highest BCUT2D eigenvalue weighted by atomic mass is 16.5. The van der Waals surface area contributed by atoms with E-state index >= 15 is 0 Å². The van der Waals surface area contributed by atoms with Gasteiger partial charge in [-0.3, -0.25) is 0 Å². The molecule has 0 aliphatic carbocycles. The zero-order valence-corrected chi connectivity index (χ0v) is 8.12. The normalized spacial score (nSPS) is 11.3. The highest BCUT2D eigenvalue weighted by Gasteiger charge is 2.31. The number of hydrogen-bond acceptors (Lipinski definition) is 3. The molecule has 1 aromatic carbocycles. The predicted octanol–water partition coefficient (Wildman–Crippen LogP) is 0.564. The van der Waals surface area contributed by atoms with Gasteiger partial charge < -0.3 is 15.4 Å². The maximum absolute atomic E-state index is 11.1. The fraction of sp³-hybridized carbons (Fsp3) is 0.200. The van der Waals surface area contributed by atoms with Crippen LogP contribution in [-0.4, -0.2) is 28.7 Å². The van der Waals surface area contributed by atoms with E-state index in [4.69, 9.17) is 5.53 Å². The van der Waals surface area contributed by atoms with Crippen LogP contribution < -0.4 is 0 Å². The molecule has 78 valence electrons. The van der Waals surface area contributed by atoms with Crippen LogP contribution in [0, 0.1) is 0 Å². The van der Waals surface area contributed by atoms with Gasteiger partial charge in [-0.1, -0.05) is 30.3 Å². The van der Waals surface area contributed by atoms with Crippen LogP contribution in [0.15, 0.2) is 30.3 Å². The van der Waals surface area contributed by atoms with Crippen LogP contribution in [0.25, 0.3) is 5.53 Å². The molecule has 0 spiro atoms. The van der Waals surface area contributed by atoms with Crippen molar-refractivity contribution in [3.8, 4) is 0 Å². The van der Waals surface area contributed by atoms with Gasteiger partial charge in [0.15, 0.2) is 6.10 Å². The summed E-state index contributed by atoms with van der Waals surface area (Å²) in [5.74, 6) is -0.867. The molecular formula is C10H10N2O3. The van der Waals surface area contributed by atoms with E-state index in [1.54, 1.807) is 30.3 Å². The summed E-state index contributed by atoms with van der Waals surface area (Å²) in [6.45, 7) is 0. The van der Waals surface area contributed by atoms with E-state index in [0.717, 1.165) is 7.11 Å². The van der Waals surface area contributed by atoms with Crippen molar-refractivity contribution in [2.24, 2.45) is 0 Å². The molecular weight excluding hydrogens is 196 g/mol. The molecule has 1 aromatic rings. The van der Waals surface area contributed by atoms with Crippen molar-refractivity contribution in [3.05, 3.63) is 41.4 Å². The lowest BCUT2D eigenvalue weighted by Crippen LogP contribution is -2.24. The second-order valence-electron chi connectivity index (χ2n) is 2.79. The summed E-state index contributed by atoms with van der Waals surface area (Å²) in [7, 11) is 1.14. The number of rotatable bonds is 3. The van der Waals surface area contributed by atoms with Gasteiger partial charge in [-0.2, -0.15) is 4.79 Å². The number of aliphatic hydroxyl groups excluding tert-OH is 1. The molecule has 0 radical (unpaired) electrons. The van der Waals surface area contributed by atoms with E-state index in [9.17, 15) is 9.90 Å². The number of hydrogen-bond donors (Lipinski definition) is 1. The molecule has 15 heavy (non-hydrogen) atoms. The first-order valence-electron chi connectivity index (χ1n) is 4.24. The van der Waals surface area contributed by atoms with E-state index in [1.807, 2.05) is 0 Å². The van der Waals surface area contributed by atoms with E-state index in [0.29, 0.717) is 5.56 Å². The Morgan fingerprint density at radius 3 is 2.53 bits per heavy atom. The molecule has 1 rings (SSSR count). The molecule has 1 unspecified atom stereocenters. The molecule has 0 aromatic heterocycles. The van der Waals surface area contributed by atoms with Gasteiger partial charge in [-0.15, -0.1) is 0 Å². The quantitative estimate of drug-likeness (QED) is 0.339. The van der Waals surface area contributed by atoms with E-state index < -0.39 is 17.8 Å². The summed E-state index contributed by atoms with van der Waals surface area (Å²) >= 11 is 0. The SMILES string of the molecule is COC(=O)C(=[N+]=[N-])C(O)c1ccccc1. The Labute approximate surface area is 86.5 Å². The first kappa shape index (κ1) is 11.1. The van der Waals surface area contributed by atoms with Crippen molar-refractivity contribution in [1.29, 1.82) is 0 Å². The number of ether oxygens (including phenoxy) is 1. The number of benzene rings is 1. The smallest absolute Gasteiger partial charge is 0.419 e. The van der Waals surface area contributed by atoms with Crippen LogP contribution in [0.2, 0.25) is 0 Å². The highest BCUT2D eigenvalue weighted by molar-refractivity contribution is 6.35. The molecule has 0 aliphatic rings. The average Bonchev–Trinajstić information content (AvgIpc) is 2.30. The minimum atomic E-state index is -1.29. The van der Waals surface area contributed by atoms with Crippen molar-refractivity contribution >= 4 is 11.7 Å². The molecule has 5 nitrogen and oxygen atoms in total. The fourth-order valence-electron chi connectivity index (χ4n) is 1.10. The third kappa shape index (κ3) is 2.49. The number of carbonyl (C=O) groups is 1. The maximum Gasteiger partial charge on any atom is 0.419 e. The molecule has 0 bridgehead atoms. The third-order valence-electron chi connectivity index (χ3n) is 1.88. The molecule has 0 aliphatic heterocycles. The van der Waals surface area contributed by atoms with Crippen LogP contribution >= 0.6 is 0 Å². The Bertz CT molecular complexity index is 396. The summed E-state index contributed by atoms with van der Waals surface area (Å²) in [4.78, 5) is 13.8. The Morgan fingerprint density at radius 2 is 2.07 bits per heavy atom. The van der Waals surface area contributed by atoms with Gasteiger partial charge in [0.25, 0.3) is 0 Å². The fourth-order valence-corrected chi connectivity index (χ4v) is 1.10. The maximum atomic E-state index is 11.1. The Morgan fingerprint density at radius 1 is 1.47 bits per heavy atom. The first-order chi connectivity index (χ1) is 7.20. The minimum absolute atomic E-state index is 0.441. The number of aliphatic hydroxyl groups is 1. The number of carbonyl (C=O) groups excluding carboxylic acids is 1. The minimum Gasteiger partial charge on any atom is -0.460 e. The zero-order chi connectivity index (χ0) is 11.3. The topological polar surface area (TPSA) is 82.9 Å². The Hall–Kier alpha value is -1.97. The second kappa shape index (κ2) is 5.05. The van der Waals surface area contributed by atoms with Gasteiger partial charge in [-0.05, 0) is 5.56 Å². The van der Waals surface area contributed by atoms with Crippen molar-refractivity contribution in [3.63, 3.8) is 0 Å². The summed E-state index contributed by atoms with van der Waals surface area (Å²) in [5.41, 5.74) is 8.60. The number of esters is 1. The lowest BCUT2D eigenvalue weighted by molar-refractivity contribution is -0.139.